The van der Waals surface area contributed by atoms with Crippen molar-refractivity contribution in [1.29, 1.82) is 0 Å². The van der Waals surface area contributed by atoms with Gasteiger partial charge in [-0.3, -0.25) is 9.59 Å². The summed E-state index contributed by atoms with van der Waals surface area (Å²) in [6, 6.07) is 13.9. The van der Waals surface area contributed by atoms with Crippen LogP contribution in [0.4, 0.5) is 0 Å². The number of nitrogens with zero attached hydrogens (tertiary/aromatic N) is 1. The van der Waals surface area contributed by atoms with Crippen molar-refractivity contribution in [2.75, 3.05) is 13.7 Å². The Balaban J connectivity index is 1.81. The molecule has 0 bridgehead atoms. The Morgan fingerprint density at radius 3 is 2.81 bits per heavy atom. The molecule has 0 aliphatic heterocycles. The molecule has 2 aromatic carbocycles. The fraction of sp³-hybridized carbons (Fsp3) is 0.150. The third-order valence-electron chi connectivity index (χ3n) is 3.88. The average Bonchev–Trinajstić information content (AvgIpc) is 2.68. The second-order valence-electron chi connectivity index (χ2n) is 5.64. The van der Waals surface area contributed by atoms with Crippen molar-refractivity contribution in [3.05, 3.63) is 70.0 Å². The number of carbonyl (C=O) groups excluding carboxylic acids is 1. The molecule has 0 unspecified atom stereocenters. The van der Waals surface area contributed by atoms with Crippen molar-refractivity contribution in [3.63, 3.8) is 0 Å². The van der Waals surface area contributed by atoms with Crippen LogP contribution in [0.15, 0.2) is 58.4 Å². The number of fused-ring (bicyclic) bond motifs is 1. The minimum Gasteiger partial charge on any atom is -0.496 e. The van der Waals surface area contributed by atoms with Crippen molar-refractivity contribution in [2.24, 2.45) is 5.10 Å². The Labute approximate surface area is 155 Å². The number of rotatable bonds is 6. The first kappa shape index (κ1) is 18.2. The molecule has 0 aliphatic carbocycles. The molecule has 27 heavy (non-hydrogen) atoms. The van der Waals surface area contributed by atoms with E-state index >= 15 is 0 Å². The standard InChI is InChI=1S/C20H19N3O4/c1-3-27-15-8-9-17-13(11-15)10-14(19(24)22-17)12-21-23-20(25)16-6-4-5-7-18(16)26-2/h4-12H,3H2,1-2H3,(H,22,24)(H,23,25). The second kappa shape index (κ2) is 8.18. The Hall–Kier alpha value is -3.61. The minimum absolute atomic E-state index is 0.304. The Morgan fingerprint density at radius 1 is 1.22 bits per heavy atom. The van der Waals surface area contributed by atoms with Gasteiger partial charge in [-0.1, -0.05) is 12.1 Å². The number of amides is 1. The van der Waals surface area contributed by atoms with Gasteiger partial charge in [0.1, 0.15) is 11.5 Å². The van der Waals surface area contributed by atoms with Crippen LogP contribution in [0.25, 0.3) is 10.9 Å². The van der Waals surface area contributed by atoms with Gasteiger partial charge in [-0.05, 0) is 43.3 Å². The monoisotopic (exact) mass is 365 g/mol. The summed E-state index contributed by atoms with van der Waals surface area (Å²) in [4.78, 5) is 27.2. The summed E-state index contributed by atoms with van der Waals surface area (Å²) in [5.74, 6) is 0.723. The molecule has 138 valence electrons. The van der Waals surface area contributed by atoms with E-state index in [9.17, 15) is 9.59 Å². The molecule has 3 rings (SSSR count). The molecule has 0 spiro atoms. The summed E-state index contributed by atoms with van der Waals surface area (Å²) < 4.78 is 10.6. The highest BCUT2D eigenvalue weighted by Gasteiger charge is 2.10. The Bertz CT molecular complexity index is 1060. The number of methoxy groups -OCH3 is 1. The summed E-state index contributed by atoms with van der Waals surface area (Å²) in [5.41, 5.74) is 3.46. The number of hydrogen-bond acceptors (Lipinski definition) is 5. The number of nitrogens with one attached hydrogen (secondary N) is 2. The first-order valence-corrected chi connectivity index (χ1v) is 8.38. The molecule has 0 aliphatic rings. The van der Waals surface area contributed by atoms with E-state index in [4.69, 9.17) is 9.47 Å². The molecule has 0 saturated carbocycles. The van der Waals surface area contributed by atoms with Crippen molar-refractivity contribution in [1.82, 2.24) is 10.4 Å². The van der Waals surface area contributed by atoms with Gasteiger partial charge >= 0.3 is 0 Å². The molecule has 0 fully saturated rings. The lowest BCUT2D eigenvalue weighted by atomic mass is 10.1. The maximum Gasteiger partial charge on any atom is 0.275 e. The number of H-pyrrole nitrogens is 1. The molecular weight excluding hydrogens is 346 g/mol. The molecule has 0 radical (unpaired) electrons. The van der Waals surface area contributed by atoms with Crippen LogP contribution in [0.3, 0.4) is 0 Å². The molecule has 7 heteroatoms. The van der Waals surface area contributed by atoms with Crippen molar-refractivity contribution >= 4 is 23.0 Å². The summed E-state index contributed by atoms with van der Waals surface area (Å²) >= 11 is 0. The third kappa shape index (κ3) is 4.14. The highest BCUT2D eigenvalue weighted by atomic mass is 16.5. The van der Waals surface area contributed by atoms with Gasteiger partial charge in [-0.15, -0.1) is 0 Å². The fourth-order valence-corrected chi connectivity index (χ4v) is 2.61. The average molecular weight is 365 g/mol. The van der Waals surface area contributed by atoms with Gasteiger partial charge in [0.25, 0.3) is 11.5 Å². The lowest BCUT2D eigenvalue weighted by Gasteiger charge is -2.06. The first-order chi connectivity index (χ1) is 13.1. The summed E-state index contributed by atoms with van der Waals surface area (Å²) in [6.07, 6.45) is 1.30. The van der Waals surface area contributed by atoms with E-state index in [0.717, 1.165) is 5.39 Å². The zero-order valence-corrected chi connectivity index (χ0v) is 15.0. The van der Waals surface area contributed by atoms with Crippen LogP contribution in [0, 0.1) is 0 Å². The highest BCUT2D eigenvalue weighted by molar-refractivity contribution is 5.97. The number of benzene rings is 2. The molecule has 0 atom stereocenters. The van der Waals surface area contributed by atoms with Crippen molar-refractivity contribution in [2.45, 2.75) is 6.92 Å². The molecule has 0 saturated heterocycles. The molecule has 1 amide bonds. The number of carbonyl (C=O) groups is 1. The number of ether oxygens (including phenoxy) is 2. The van der Waals surface area contributed by atoms with Crippen molar-refractivity contribution in [3.8, 4) is 11.5 Å². The predicted octanol–water partition coefficient (Wildman–Crippen LogP) is 2.70. The van der Waals surface area contributed by atoms with E-state index < -0.39 is 5.91 Å². The van der Waals surface area contributed by atoms with Crippen LogP contribution >= 0.6 is 0 Å². The fourth-order valence-electron chi connectivity index (χ4n) is 2.61. The lowest BCUT2D eigenvalue weighted by molar-refractivity contribution is 0.0952. The number of hydrogen-bond donors (Lipinski definition) is 2. The number of pyridine rings is 1. The molecule has 2 N–H and O–H groups in total. The Kier molecular flexibility index (Phi) is 5.51. The van der Waals surface area contributed by atoms with Crippen LogP contribution < -0.4 is 20.5 Å². The van der Waals surface area contributed by atoms with Gasteiger partial charge in [0.2, 0.25) is 0 Å². The number of para-hydroxylation sites is 1. The van der Waals surface area contributed by atoms with Gasteiger partial charge in [0.05, 0.1) is 31.1 Å². The molecule has 1 aromatic heterocycles. The van der Waals surface area contributed by atoms with Gasteiger partial charge in [0, 0.05) is 10.9 Å². The number of aromatic amines is 1. The van der Waals surface area contributed by atoms with Crippen LogP contribution in [0.1, 0.15) is 22.8 Å². The Morgan fingerprint density at radius 2 is 2.04 bits per heavy atom. The number of hydrazone groups is 1. The highest BCUT2D eigenvalue weighted by Crippen LogP contribution is 2.19. The van der Waals surface area contributed by atoms with Crippen LogP contribution in [-0.2, 0) is 0 Å². The number of aromatic nitrogens is 1. The lowest BCUT2D eigenvalue weighted by Crippen LogP contribution is -2.19. The molecular formula is C20H19N3O4. The molecule has 3 aromatic rings. The summed E-state index contributed by atoms with van der Waals surface area (Å²) in [6.45, 7) is 2.46. The zero-order valence-electron chi connectivity index (χ0n) is 15.0. The normalized spacial score (nSPS) is 10.9. The van der Waals surface area contributed by atoms with E-state index in [2.05, 4.69) is 15.5 Å². The van der Waals surface area contributed by atoms with E-state index in [-0.39, 0.29) is 5.56 Å². The maximum absolute atomic E-state index is 12.2. The maximum atomic E-state index is 12.2. The van der Waals surface area contributed by atoms with Gasteiger partial charge in [-0.25, -0.2) is 5.43 Å². The predicted molar refractivity (Wildman–Crippen MR) is 104 cm³/mol. The van der Waals surface area contributed by atoms with Gasteiger partial charge in [-0.2, -0.15) is 5.10 Å². The topological polar surface area (TPSA) is 92.8 Å². The van der Waals surface area contributed by atoms with Crippen LogP contribution in [0.2, 0.25) is 0 Å². The van der Waals surface area contributed by atoms with E-state index in [1.54, 1.807) is 42.5 Å². The van der Waals surface area contributed by atoms with Gasteiger partial charge in [0.15, 0.2) is 0 Å². The van der Waals surface area contributed by atoms with Crippen molar-refractivity contribution < 1.29 is 14.3 Å². The van der Waals surface area contributed by atoms with E-state index in [1.165, 1.54) is 13.3 Å². The van der Waals surface area contributed by atoms with Gasteiger partial charge < -0.3 is 14.5 Å². The van der Waals surface area contributed by atoms with E-state index in [0.29, 0.717) is 34.7 Å². The first-order valence-electron chi connectivity index (χ1n) is 8.38. The molecule has 7 nitrogen and oxygen atoms in total. The van der Waals surface area contributed by atoms with Crippen LogP contribution in [0.5, 0.6) is 11.5 Å². The third-order valence-corrected chi connectivity index (χ3v) is 3.88. The summed E-state index contributed by atoms with van der Waals surface area (Å²) in [5, 5.41) is 4.69. The minimum atomic E-state index is -0.431. The SMILES string of the molecule is CCOc1ccc2[nH]c(=O)c(C=NNC(=O)c3ccccc3OC)cc2c1. The summed E-state index contributed by atoms with van der Waals surface area (Å²) in [7, 11) is 1.49. The quantitative estimate of drug-likeness (QED) is 0.519. The molecule has 1 heterocycles. The van der Waals surface area contributed by atoms with E-state index in [1.807, 2.05) is 13.0 Å². The van der Waals surface area contributed by atoms with Crippen LogP contribution in [-0.4, -0.2) is 30.8 Å². The smallest absolute Gasteiger partial charge is 0.275 e. The second-order valence-corrected chi connectivity index (χ2v) is 5.64. The zero-order chi connectivity index (χ0) is 19.2. The largest absolute Gasteiger partial charge is 0.496 e.